The van der Waals surface area contributed by atoms with Crippen molar-refractivity contribution in [2.24, 2.45) is 5.41 Å². The summed E-state index contributed by atoms with van der Waals surface area (Å²) in [6.45, 7) is 0.254. The van der Waals surface area contributed by atoms with Gasteiger partial charge >= 0.3 is 0 Å². The van der Waals surface area contributed by atoms with E-state index in [0.717, 1.165) is 24.8 Å². The van der Waals surface area contributed by atoms with Crippen molar-refractivity contribution in [3.05, 3.63) is 35.6 Å². The van der Waals surface area contributed by atoms with Crippen LogP contribution in [0.5, 0.6) is 0 Å². The normalized spacial score (nSPS) is 19.3. The fourth-order valence-electron chi connectivity index (χ4n) is 2.55. The van der Waals surface area contributed by atoms with Gasteiger partial charge < -0.3 is 5.11 Å². The zero-order valence-electron chi connectivity index (χ0n) is 8.88. The third kappa shape index (κ3) is 2.37. The Labute approximate surface area is 89.9 Å². The summed E-state index contributed by atoms with van der Waals surface area (Å²) in [5.74, 6) is -0.191. The molecule has 1 aliphatic carbocycles. The van der Waals surface area contributed by atoms with Crippen molar-refractivity contribution in [1.29, 1.82) is 0 Å². The highest BCUT2D eigenvalue weighted by molar-refractivity contribution is 5.18. The van der Waals surface area contributed by atoms with Gasteiger partial charge in [0.15, 0.2) is 0 Å². The van der Waals surface area contributed by atoms with Gasteiger partial charge in [-0.25, -0.2) is 4.39 Å². The summed E-state index contributed by atoms with van der Waals surface area (Å²) in [7, 11) is 0. The first-order valence-corrected chi connectivity index (χ1v) is 5.59. The summed E-state index contributed by atoms with van der Waals surface area (Å²) in [5, 5.41) is 9.46. The van der Waals surface area contributed by atoms with Crippen molar-refractivity contribution in [3.63, 3.8) is 0 Å². The van der Waals surface area contributed by atoms with Gasteiger partial charge in [-0.1, -0.05) is 25.0 Å². The summed E-state index contributed by atoms with van der Waals surface area (Å²) in [4.78, 5) is 0. The lowest BCUT2D eigenvalue weighted by atomic mass is 9.81. The zero-order valence-corrected chi connectivity index (χ0v) is 8.88. The van der Waals surface area contributed by atoms with Crippen LogP contribution in [0.3, 0.4) is 0 Å². The van der Waals surface area contributed by atoms with Gasteiger partial charge in [0.2, 0.25) is 0 Å². The third-order valence-corrected chi connectivity index (χ3v) is 3.49. The van der Waals surface area contributed by atoms with Crippen LogP contribution in [0.15, 0.2) is 24.3 Å². The van der Waals surface area contributed by atoms with Gasteiger partial charge in [-0.2, -0.15) is 0 Å². The molecule has 15 heavy (non-hydrogen) atoms. The van der Waals surface area contributed by atoms with Crippen molar-refractivity contribution < 1.29 is 9.50 Å². The monoisotopic (exact) mass is 208 g/mol. The first kappa shape index (κ1) is 10.6. The van der Waals surface area contributed by atoms with Crippen LogP contribution in [0, 0.1) is 11.2 Å². The predicted octanol–water partition coefficient (Wildman–Crippen LogP) is 2.92. The Morgan fingerprint density at radius 1 is 1.13 bits per heavy atom. The van der Waals surface area contributed by atoms with Gasteiger partial charge in [0.1, 0.15) is 5.82 Å². The van der Waals surface area contributed by atoms with E-state index >= 15 is 0 Å². The fraction of sp³-hybridized carbons (Fsp3) is 0.538. The van der Waals surface area contributed by atoms with Crippen LogP contribution < -0.4 is 0 Å². The van der Waals surface area contributed by atoms with Crippen molar-refractivity contribution in [1.82, 2.24) is 0 Å². The fourth-order valence-corrected chi connectivity index (χ4v) is 2.55. The van der Waals surface area contributed by atoms with Gasteiger partial charge in [0, 0.05) is 6.61 Å². The Kier molecular flexibility index (Phi) is 3.06. The largest absolute Gasteiger partial charge is 0.396 e. The standard InChI is InChI=1S/C13H17FO/c14-12-5-3-11(4-6-12)9-13(10-15)7-1-2-8-13/h3-6,15H,1-2,7-10H2. The molecular formula is C13H17FO. The summed E-state index contributed by atoms with van der Waals surface area (Å²) >= 11 is 0. The molecule has 1 aromatic rings. The van der Waals surface area contributed by atoms with Crippen LogP contribution in [-0.4, -0.2) is 11.7 Å². The minimum Gasteiger partial charge on any atom is -0.396 e. The molecule has 0 radical (unpaired) electrons. The van der Waals surface area contributed by atoms with E-state index in [1.165, 1.54) is 25.0 Å². The molecule has 1 N–H and O–H groups in total. The topological polar surface area (TPSA) is 20.2 Å². The molecule has 82 valence electrons. The SMILES string of the molecule is OCC1(Cc2ccc(F)cc2)CCCC1. The predicted molar refractivity (Wildman–Crippen MR) is 58.1 cm³/mol. The molecule has 0 atom stereocenters. The van der Waals surface area contributed by atoms with Crippen LogP contribution in [0.2, 0.25) is 0 Å². The maximum atomic E-state index is 12.7. The molecule has 0 saturated heterocycles. The minimum atomic E-state index is -0.191. The summed E-state index contributed by atoms with van der Waals surface area (Å²) in [6, 6.07) is 6.64. The van der Waals surface area contributed by atoms with Crippen molar-refractivity contribution in [2.45, 2.75) is 32.1 Å². The van der Waals surface area contributed by atoms with Crippen LogP contribution in [0.25, 0.3) is 0 Å². The number of benzene rings is 1. The Hall–Kier alpha value is -0.890. The van der Waals surface area contributed by atoms with E-state index in [9.17, 15) is 9.50 Å². The lowest BCUT2D eigenvalue weighted by molar-refractivity contribution is 0.130. The van der Waals surface area contributed by atoms with Crippen LogP contribution in [-0.2, 0) is 6.42 Å². The van der Waals surface area contributed by atoms with E-state index in [2.05, 4.69) is 0 Å². The number of hydrogen-bond donors (Lipinski definition) is 1. The molecule has 0 unspecified atom stereocenters. The van der Waals surface area contributed by atoms with Gasteiger partial charge in [0.25, 0.3) is 0 Å². The van der Waals surface area contributed by atoms with Crippen molar-refractivity contribution in [3.8, 4) is 0 Å². The number of aliphatic hydroxyl groups is 1. The molecule has 0 amide bonds. The molecular weight excluding hydrogens is 191 g/mol. The Balaban J connectivity index is 2.09. The lowest BCUT2D eigenvalue weighted by Crippen LogP contribution is -2.24. The van der Waals surface area contributed by atoms with Gasteiger partial charge in [-0.15, -0.1) is 0 Å². The third-order valence-electron chi connectivity index (χ3n) is 3.49. The lowest BCUT2D eigenvalue weighted by Gasteiger charge is -2.26. The Morgan fingerprint density at radius 3 is 2.27 bits per heavy atom. The number of rotatable bonds is 3. The van der Waals surface area contributed by atoms with Crippen LogP contribution in [0.1, 0.15) is 31.2 Å². The molecule has 1 nitrogen and oxygen atoms in total. The highest BCUT2D eigenvalue weighted by Crippen LogP contribution is 2.40. The summed E-state index contributed by atoms with van der Waals surface area (Å²) in [6.07, 6.45) is 5.50. The maximum absolute atomic E-state index is 12.7. The van der Waals surface area contributed by atoms with E-state index in [0.29, 0.717) is 0 Å². The molecule has 1 aromatic carbocycles. The van der Waals surface area contributed by atoms with E-state index in [-0.39, 0.29) is 17.8 Å². The van der Waals surface area contributed by atoms with Crippen LogP contribution in [0.4, 0.5) is 4.39 Å². The molecule has 1 aliphatic rings. The average molecular weight is 208 g/mol. The molecule has 1 saturated carbocycles. The van der Waals surface area contributed by atoms with Gasteiger partial charge in [-0.3, -0.25) is 0 Å². The molecule has 0 aliphatic heterocycles. The maximum Gasteiger partial charge on any atom is 0.123 e. The molecule has 1 fully saturated rings. The minimum absolute atomic E-state index is 0.0673. The highest BCUT2D eigenvalue weighted by atomic mass is 19.1. The summed E-state index contributed by atoms with van der Waals surface area (Å²) in [5.41, 5.74) is 1.20. The first-order chi connectivity index (χ1) is 7.24. The molecule has 0 bridgehead atoms. The van der Waals surface area contributed by atoms with Gasteiger partial charge in [-0.05, 0) is 42.4 Å². The second-order valence-electron chi connectivity index (χ2n) is 4.67. The van der Waals surface area contributed by atoms with Crippen molar-refractivity contribution in [2.75, 3.05) is 6.61 Å². The summed E-state index contributed by atoms with van der Waals surface area (Å²) < 4.78 is 12.7. The second kappa shape index (κ2) is 4.31. The highest BCUT2D eigenvalue weighted by Gasteiger charge is 2.33. The molecule has 0 heterocycles. The average Bonchev–Trinajstić information content (AvgIpc) is 2.71. The first-order valence-electron chi connectivity index (χ1n) is 5.59. The molecule has 2 rings (SSSR count). The van der Waals surface area contributed by atoms with Crippen molar-refractivity contribution >= 4 is 0 Å². The van der Waals surface area contributed by atoms with Gasteiger partial charge in [0.05, 0.1) is 0 Å². The van der Waals surface area contributed by atoms with E-state index in [4.69, 9.17) is 0 Å². The molecule has 2 heteroatoms. The van der Waals surface area contributed by atoms with E-state index in [1.54, 1.807) is 0 Å². The molecule has 0 spiro atoms. The molecule has 0 aromatic heterocycles. The smallest absolute Gasteiger partial charge is 0.123 e. The van der Waals surface area contributed by atoms with E-state index < -0.39 is 0 Å². The zero-order chi connectivity index (χ0) is 10.7. The number of halogens is 1. The second-order valence-corrected chi connectivity index (χ2v) is 4.67. The number of aliphatic hydroxyl groups excluding tert-OH is 1. The van der Waals surface area contributed by atoms with Crippen LogP contribution >= 0.6 is 0 Å². The quantitative estimate of drug-likeness (QED) is 0.809. The Morgan fingerprint density at radius 2 is 1.73 bits per heavy atom. The van der Waals surface area contributed by atoms with E-state index in [1.807, 2.05) is 12.1 Å². The Bertz CT molecular complexity index is 312. The number of hydrogen-bond acceptors (Lipinski definition) is 1.